The van der Waals surface area contributed by atoms with Crippen LogP contribution in [0.1, 0.15) is 19.0 Å². The lowest BCUT2D eigenvalue weighted by Gasteiger charge is -2.24. The highest BCUT2D eigenvalue weighted by atomic mass is 15.5. The molecule has 0 saturated heterocycles. The topological polar surface area (TPSA) is 76.2 Å². The van der Waals surface area contributed by atoms with Gasteiger partial charge in [-0.25, -0.2) is 24.6 Å². The minimum atomic E-state index is 0.775. The fraction of sp³-hybridized carbons (Fsp3) is 0.294. The number of aromatic nitrogens is 6. The van der Waals surface area contributed by atoms with Gasteiger partial charge in [0.25, 0.3) is 0 Å². The molecule has 0 saturated carbocycles. The Balaban J connectivity index is 1.94. The molecule has 1 aliphatic rings. The van der Waals surface area contributed by atoms with Gasteiger partial charge in [-0.2, -0.15) is 10.2 Å². The van der Waals surface area contributed by atoms with Crippen molar-refractivity contribution in [1.29, 1.82) is 0 Å². The molecular weight excluding hydrogens is 316 g/mol. The van der Waals surface area contributed by atoms with Crippen LogP contribution in [0.2, 0.25) is 0 Å². The van der Waals surface area contributed by atoms with E-state index in [9.17, 15) is 0 Å². The molecule has 0 atom stereocenters. The molecule has 0 fully saturated rings. The predicted octanol–water partition coefficient (Wildman–Crippen LogP) is 2.18. The highest BCUT2D eigenvalue weighted by Crippen LogP contribution is 2.30. The largest absolute Gasteiger partial charge is 0.267 e. The van der Waals surface area contributed by atoms with Crippen molar-refractivity contribution in [1.82, 2.24) is 34.8 Å². The maximum absolute atomic E-state index is 4.83. The summed E-state index contributed by atoms with van der Waals surface area (Å²) < 4.78 is 3.80. The highest BCUT2D eigenvalue weighted by molar-refractivity contribution is 6.06. The fourth-order valence-corrected chi connectivity index (χ4v) is 3.37. The van der Waals surface area contributed by atoms with Crippen molar-refractivity contribution in [2.75, 3.05) is 11.6 Å². The van der Waals surface area contributed by atoms with Crippen LogP contribution >= 0.6 is 0 Å². The van der Waals surface area contributed by atoms with Crippen molar-refractivity contribution in [2.24, 2.45) is 0 Å². The quantitative estimate of drug-likeness (QED) is 0.605. The number of hydrazine groups is 1. The molecule has 0 spiro atoms. The minimum absolute atomic E-state index is 0.775. The monoisotopic (exact) mass is 334 g/mol. The van der Waals surface area contributed by atoms with Gasteiger partial charge in [0.1, 0.15) is 0 Å². The Morgan fingerprint density at radius 1 is 1.24 bits per heavy atom. The first-order valence-electron chi connectivity index (χ1n) is 8.46. The molecule has 5 rings (SSSR count). The summed E-state index contributed by atoms with van der Waals surface area (Å²) in [6.07, 6.45) is 8.90. The third-order valence-corrected chi connectivity index (χ3v) is 4.50. The van der Waals surface area contributed by atoms with Crippen LogP contribution in [-0.4, -0.2) is 35.9 Å². The van der Waals surface area contributed by atoms with Crippen LogP contribution in [0.25, 0.3) is 27.6 Å². The maximum Gasteiger partial charge on any atom is 0.160 e. The second kappa shape index (κ2) is 5.25. The zero-order chi connectivity index (χ0) is 17.0. The first kappa shape index (κ1) is 14.4. The summed E-state index contributed by atoms with van der Waals surface area (Å²) in [5.74, 6) is 0.831. The lowest BCUT2D eigenvalue weighted by molar-refractivity contribution is 0.670. The Labute approximate surface area is 143 Å². The van der Waals surface area contributed by atoms with Gasteiger partial charge in [-0.3, -0.25) is 5.01 Å². The SMILES string of the molecule is CCn1ncc2c1ncc1c(N3C=CCCN3)nc3cc(C)nn3c12. The molecule has 4 aromatic rings. The number of pyridine rings is 1. The first-order chi connectivity index (χ1) is 12.3. The standard InChI is InChI=1S/C17H18N8/c1-3-23-16-13(10-20-23)15-12(9-18-16)17(24-7-5-4-6-19-24)21-14-8-11(2)22-25(14)15/h5,7-10,19H,3-4,6H2,1-2H3. The van der Waals surface area contributed by atoms with Crippen molar-refractivity contribution >= 4 is 33.4 Å². The third-order valence-electron chi connectivity index (χ3n) is 4.50. The fourth-order valence-electron chi connectivity index (χ4n) is 3.37. The van der Waals surface area contributed by atoms with E-state index in [1.807, 2.05) is 45.8 Å². The van der Waals surface area contributed by atoms with E-state index in [0.717, 1.165) is 58.6 Å². The summed E-state index contributed by atoms with van der Waals surface area (Å²) in [6, 6.07) is 1.99. The number of rotatable bonds is 2. The summed E-state index contributed by atoms with van der Waals surface area (Å²) in [4.78, 5) is 9.48. The number of hydrogen-bond acceptors (Lipinski definition) is 6. The van der Waals surface area contributed by atoms with Crippen LogP contribution in [0, 0.1) is 6.92 Å². The van der Waals surface area contributed by atoms with Crippen LogP contribution < -0.4 is 10.4 Å². The van der Waals surface area contributed by atoms with Crippen LogP contribution in [0.15, 0.2) is 30.7 Å². The van der Waals surface area contributed by atoms with E-state index in [0.29, 0.717) is 0 Å². The summed E-state index contributed by atoms with van der Waals surface area (Å²) in [6.45, 7) is 5.70. The van der Waals surface area contributed by atoms with E-state index in [2.05, 4.69) is 33.6 Å². The molecule has 0 aliphatic carbocycles. The molecule has 5 heterocycles. The molecule has 0 aromatic carbocycles. The second-order valence-electron chi connectivity index (χ2n) is 6.16. The summed E-state index contributed by atoms with van der Waals surface area (Å²) in [7, 11) is 0. The van der Waals surface area contributed by atoms with Gasteiger partial charge >= 0.3 is 0 Å². The first-order valence-corrected chi connectivity index (χ1v) is 8.46. The van der Waals surface area contributed by atoms with Gasteiger partial charge in [0, 0.05) is 31.6 Å². The Bertz CT molecular complexity index is 1140. The minimum Gasteiger partial charge on any atom is -0.267 e. The van der Waals surface area contributed by atoms with Crippen molar-refractivity contribution in [2.45, 2.75) is 26.8 Å². The molecule has 126 valence electrons. The van der Waals surface area contributed by atoms with Gasteiger partial charge in [0.2, 0.25) is 0 Å². The molecule has 0 bridgehead atoms. The molecule has 0 amide bonds. The molecule has 1 aliphatic heterocycles. The number of anilines is 1. The van der Waals surface area contributed by atoms with E-state index in [-0.39, 0.29) is 0 Å². The Morgan fingerprint density at radius 3 is 2.96 bits per heavy atom. The number of nitrogens with one attached hydrogen (secondary N) is 1. The van der Waals surface area contributed by atoms with Gasteiger partial charge in [-0.05, 0) is 20.3 Å². The molecular formula is C17H18N8. The molecule has 0 radical (unpaired) electrons. The Kier molecular flexibility index (Phi) is 3.01. The second-order valence-corrected chi connectivity index (χ2v) is 6.16. The maximum atomic E-state index is 4.83. The lowest BCUT2D eigenvalue weighted by Crippen LogP contribution is -2.37. The van der Waals surface area contributed by atoms with E-state index in [1.54, 1.807) is 0 Å². The molecule has 25 heavy (non-hydrogen) atoms. The number of aryl methyl sites for hydroxylation is 2. The van der Waals surface area contributed by atoms with Crippen LogP contribution in [0.4, 0.5) is 5.82 Å². The van der Waals surface area contributed by atoms with Crippen molar-refractivity contribution < 1.29 is 0 Å². The van der Waals surface area contributed by atoms with Gasteiger partial charge in [-0.1, -0.05) is 6.08 Å². The normalized spacial score (nSPS) is 15.0. The molecule has 4 aromatic heterocycles. The van der Waals surface area contributed by atoms with E-state index >= 15 is 0 Å². The third kappa shape index (κ3) is 2.04. The summed E-state index contributed by atoms with van der Waals surface area (Å²) in [5, 5.41) is 13.0. The molecule has 0 unspecified atom stereocenters. The van der Waals surface area contributed by atoms with Crippen molar-refractivity contribution in [3.8, 4) is 0 Å². The highest BCUT2D eigenvalue weighted by Gasteiger charge is 2.19. The zero-order valence-electron chi connectivity index (χ0n) is 14.1. The van der Waals surface area contributed by atoms with Crippen LogP contribution in [0.5, 0.6) is 0 Å². The summed E-state index contributed by atoms with van der Waals surface area (Å²) >= 11 is 0. The predicted molar refractivity (Wildman–Crippen MR) is 96.2 cm³/mol. The van der Waals surface area contributed by atoms with Crippen LogP contribution in [0.3, 0.4) is 0 Å². The molecule has 8 nitrogen and oxygen atoms in total. The zero-order valence-corrected chi connectivity index (χ0v) is 14.1. The van der Waals surface area contributed by atoms with Gasteiger partial charge < -0.3 is 0 Å². The average molecular weight is 334 g/mol. The average Bonchev–Trinajstić information content (AvgIpc) is 3.23. The van der Waals surface area contributed by atoms with E-state index in [4.69, 9.17) is 4.98 Å². The van der Waals surface area contributed by atoms with E-state index in [1.165, 1.54) is 0 Å². The van der Waals surface area contributed by atoms with E-state index < -0.39 is 0 Å². The van der Waals surface area contributed by atoms with Crippen molar-refractivity contribution in [3.63, 3.8) is 0 Å². The Hall–Kier alpha value is -3.00. The van der Waals surface area contributed by atoms with Crippen LogP contribution in [-0.2, 0) is 6.54 Å². The van der Waals surface area contributed by atoms with Crippen molar-refractivity contribution in [3.05, 3.63) is 36.4 Å². The lowest BCUT2D eigenvalue weighted by atomic mass is 10.2. The summed E-state index contributed by atoms with van der Waals surface area (Å²) in [5.41, 5.74) is 6.97. The number of fused-ring (bicyclic) bond motifs is 5. The number of nitrogens with zero attached hydrogens (tertiary/aromatic N) is 7. The van der Waals surface area contributed by atoms with Gasteiger partial charge in [0.05, 0.1) is 28.2 Å². The molecule has 8 heteroatoms. The van der Waals surface area contributed by atoms with Gasteiger partial charge in [0.15, 0.2) is 17.1 Å². The number of hydrogen-bond donors (Lipinski definition) is 1. The smallest absolute Gasteiger partial charge is 0.160 e. The Morgan fingerprint density at radius 2 is 2.16 bits per heavy atom. The molecule has 1 N–H and O–H groups in total. The van der Waals surface area contributed by atoms with Gasteiger partial charge in [-0.15, -0.1) is 0 Å².